The predicted octanol–water partition coefficient (Wildman–Crippen LogP) is 4.57. The number of aromatic nitrogens is 2. The van der Waals surface area contributed by atoms with Crippen LogP contribution in [0.5, 0.6) is 0 Å². The number of hydrogen-bond acceptors (Lipinski definition) is 10. The fourth-order valence-electron chi connectivity index (χ4n) is 7.71. The summed E-state index contributed by atoms with van der Waals surface area (Å²) >= 11 is 0. The van der Waals surface area contributed by atoms with Gasteiger partial charge in [-0.1, -0.05) is 18.2 Å². The topological polar surface area (TPSA) is 134 Å². The van der Waals surface area contributed by atoms with Crippen LogP contribution >= 0.6 is 0 Å². The number of ether oxygens (including phenoxy) is 4. The highest BCUT2D eigenvalue weighted by atomic mass is 16.6. The summed E-state index contributed by atoms with van der Waals surface area (Å²) in [5, 5.41) is 12.3. The van der Waals surface area contributed by atoms with Crippen LogP contribution in [0.4, 0.5) is 0 Å². The van der Waals surface area contributed by atoms with Crippen LogP contribution in [-0.2, 0) is 18.9 Å². The number of pyridine rings is 2. The van der Waals surface area contributed by atoms with E-state index < -0.39 is 64.4 Å². The third-order valence-electron chi connectivity index (χ3n) is 9.92. The molecule has 3 aliphatic rings. The van der Waals surface area contributed by atoms with Crippen LogP contribution in [-0.4, -0.2) is 68.1 Å². The van der Waals surface area contributed by atoms with Crippen molar-refractivity contribution in [1.82, 2.24) is 9.97 Å². The summed E-state index contributed by atoms with van der Waals surface area (Å²) in [6.07, 6.45) is 3.82. The van der Waals surface area contributed by atoms with Gasteiger partial charge < -0.3 is 24.1 Å². The van der Waals surface area contributed by atoms with Gasteiger partial charge in [-0.2, -0.15) is 0 Å². The van der Waals surface area contributed by atoms with Gasteiger partial charge in [-0.15, -0.1) is 0 Å². The van der Waals surface area contributed by atoms with E-state index in [9.17, 15) is 19.5 Å². The van der Waals surface area contributed by atoms with Crippen molar-refractivity contribution in [3.63, 3.8) is 0 Å². The van der Waals surface area contributed by atoms with E-state index in [-0.39, 0.29) is 30.4 Å². The first kappa shape index (κ1) is 29.9. The van der Waals surface area contributed by atoms with E-state index >= 15 is 0 Å². The van der Waals surface area contributed by atoms with E-state index in [1.54, 1.807) is 80.8 Å². The van der Waals surface area contributed by atoms with E-state index in [2.05, 4.69) is 9.97 Å². The van der Waals surface area contributed by atoms with Crippen LogP contribution < -0.4 is 0 Å². The zero-order valence-electron chi connectivity index (χ0n) is 25.1. The van der Waals surface area contributed by atoms with Gasteiger partial charge >= 0.3 is 17.9 Å². The summed E-state index contributed by atoms with van der Waals surface area (Å²) in [5.74, 6) is -2.27. The summed E-state index contributed by atoms with van der Waals surface area (Å²) < 4.78 is 25.7. The molecule has 3 heterocycles. The minimum atomic E-state index is -1.63. The monoisotopic (exact) mass is 600 g/mol. The largest absolute Gasteiger partial charge is 0.458 e. The maximum Gasteiger partial charge on any atom is 0.339 e. The molecule has 1 aliphatic heterocycles. The van der Waals surface area contributed by atoms with Gasteiger partial charge in [0.15, 0.2) is 0 Å². The third-order valence-corrected chi connectivity index (χ3v) is 9.92. The Morgan fingerprint density at radius 2 is 1.32 bits per heavy atom. The Morgan fingerprint density at radius 1 is 0.773 bits per heavy atom. The normalized spacial score (nSPS) is 33.5. The number of aliphatic hydroxyl groups is 1. The number of hydrogen-bond donors (Lipinski definition) is 1. The first-order chi connectivity index (χ1) is 20.9. The molecule has 10 nitrogen and oxygen atoms in total. The van der Waals surface area contributed by atoms with Crippen molar-refractivity contribution in [2.24, 2.45) is 11.3 Å². The van der Waals surface area contributed by atoms with Gasteiger partial charge in [0, 0.05) is 30.7 Å². The maximum atomic E-state index is 13.6. The quantitative estimate of drug-likeness (QED) is 0.317. The Morgan fingerprint density at radius 3 is 1.89 bits per heavy atom. The average molecular weight is 601 g/mol. The molecule has 6 rings (SSSR count). The van der Waals surface area contributed by atoms with E-state index in [4.69, 9.17) is 18.9 Å². The molecule has 2 aliphatic carbocycles. The Hall–Kier alpha value is -4.15. The summed E-state index contributed by atoms with van der Waals surface area (Å²) in [6.45, 7) is 7.20. The molecule has 0 amide bonds. The molecule has 2 bridgehead atoms. The third kappa shape index (κ3) is 4.59. The minimum absolute atomic E-state index is 0.166. The van der Waals surface area contributed by atoms with Crippen LogP contribution in [0.25, 0.3) is 0 Å². The van der Waals surface area contributed by atoms with Gasteiger partial charge in [0.25, 0.3) is 0 Å². The van der Waals surface area contributed by atoms with E-state index in [0.29, 0.717) is 5.56 Å². The highest BCUT2D eigenvalue weighted by Crippen LogP contribution is 2.68. The standard InChI is InChI=1S/C34H36N2O8/c1-31(2)24-18-26(42-30(39)23-13-9-17-36-20-23)33(4)25(41-29(38)22-12-8-16-35-19-22)14-15-32(3,40)34(33,44-31)27(24)43-28(37)21-10-6-5-7-11-21/h5-13,16-17,19-20,24-27,40H,14-15,18H2,1-4H3/t24?,25-,26-,27+,32-,33-,34?/m0/s1. The van der Waals surface area contributed by atoms with Crippen molar-refractivity contribution in [3.8, 4) is 0 Å². The van der Waals surface area contributed by atoms with Gasteiger partial charge in [-0.3, -0.25) is 9.97 Å². The van der Waals surface area contributed by atoms with Crippen molar-refractivity contribution in [3.05, 3.63) is 96.1 Å². The molecule has 2 unspecified atom stereocenters. The van der Waals surface area contributed by atoms with Gasteiger partial charge in [0.2, 0.25) is 0 Å². The fourth-order valence-corrected chi connectivity index (χ4v) is 7.71. The first-order valence-corrected chi connectivity index (χ1v) is 14.8. The number of nitrogens with zero attached hydrogens (tertiary/aromatic N) is 2. The molecule has 10 heteroatoms. The molecule has 1 aromatic carbocycles. The molecular formula is C34H36N2O8. The van der Waals surface area contributed by atoms with Crippen LogP contribution in [0.2, 0.25) is 0 Å². The number of carbonyl (C=O) groups excluding carboxylic acids is 3. The second kappa shape index (κ2) is 10.8. The summed E-state index contributed by atoms with van der Waals surface area (Å²) in [6, 6.07) is 15.1. The van der Waals surface area contributed by atoms with Gasteiger partial charge in [-0.05, 0) is 83.4 Å². The smallest absolute Gasteiger partial charge is 0.339 e. The second-order valence-electron chi connectivity index (χ2n) is 12.8. The van der Waals surface area contributed by atoms with Crippen molar-refractivity contribution < 1.29 is 38.4 Å². The van der Waals surface area contributed by atoms with Crippen molar-refractivity contribution in [2.45, 2.75) is 82.1 Å². The van der Waals surface area contributed by atoms with Gasteiger partial charge in [0.05, 0.1) is 33.3 Å². The Balaban J connectivity index is 1.47. The number of rotatable bonds is 6. The number of fused-ring (bicyclic) bond motifs is 1. The van der Waals surface area contributed by atoms with Gasteiger partial charge in [0.1, 0.15) is 23.9 Å². The van der Waals surface area contributed by atoms with Crippen molar-refractivity contribution in [2.75, 3.05) is 0 Å². The van der Waals surface area contributed by atoms with E-state index in [1.165, 1.54) is 12.4 Å². The highest BCUT2D eigenvalue weighted by Gasteiger charge is 2.82. The summed E-state index contributed by atoms with van der Waals surface area (Å²) in [4.78, 5) is 48.6. The molecule has 230 valence electrons. The van der Waals surface area contributed by atoms with E-state index in [0.717, 1.165) is 0 Å². The van der Waals surface area contributed by atoms with Gasteiger partial charge in [-0.25, -0.2) is 14.4 Å². The maximum absolute atomic E-state index is 13.6. The molecule has 2 aromatic heterocycles. The molecule has 44 heavy (non-hydrogen) atoms. The Kier molecular flexibility index (Phi) is 7.33. The lowest BCUT2D eigenvalue weighted by Gasteiger charge is -2.64. The van der Waals surface area contributed by atoms with Crippen LogP contribution in [0.1, 0.15) is 78.0 Å². The average Bonchev–Trinajstić information content (AvgIpc) is 3.20. The van der Waals surface area contributed by atoms with Crippen molar-refractivity contribution in [1.29, 1.82) is 0 Å². The van der Waals surface area contributed by atoms with Crippen LogP contribution in [0.15, 0.2) is 79.4 Å². The lowest BCUT2D eigenvalue weighted by Crippen LogP contribution is -2.79. The number of benzene rings is 1. The lowest BCUT2D eigenvalue weighted by molar-refractivity contribution is -0.324. The highest BCUT2D eigenvalue weighted by molar-refractivity contribution is 5.90. The number of carbonyl (C=O) groups is 3. The molecule has 3 fully saturated rings. The minimum Gasteiger partial charge on any atom is -0.458 e. The fraction of sp³-hybridized carbons (Fsp3) is 0.441. The molecule has 2 saturated carbocycles. The first-order valence-electron chi connectivity index (χ1n) is 14.8. The number of esters is 3. The SMILES string of the molecule is CC1(C)OC23[C@H](OC(=O)c4ccccc4)C1C[C@H](OC(=O)c1cccnc1)[C@]2(C)[C@@H](OC(=O)c1cccnc1)CC[C@]3(C)O. The van der Waals surface area contributed by atoms with Crippen LogP contribution in [0.3, 0.4) is 0 Å². The Labute approximate surface area is 255 Å². The summed E-state index contributed by atoms with van der Waals surface area (Å²) in [7, 11) is 0. The Bertz CT molecular complexity index is 1550. The second-order valence-corrected chi connectivity index (χ2v) is 12.8. The molecular weight excluding hydrogens is 564 g/mol. The zero-order chi connectivity index (χ0) is 31.3. The molecule has 1 saturated heterocycles. The molecule has 3 aromatic rings. The predicted molar refractivity (Wildman–Crippen MR) is 156 cm³/mol. The zero-order valence-corrected chi connectivity index (χ0v) is 25.1. The van der Waals surface area contributed by atoms with Crippen molar-refractivity contribution >= 4 is 17.9 Å². The lowest BCUT2D eigenvalue weighted by atomic mass is 9.47. The van der Waals surface area contributed by atoms with E-state index in [1.807, 2.05) is 13.8 Å². The molecule has 7 atom stereocenters. The molecule has 1 spiro atoms. The molecule has 1 N–H and O–H groups in total. The van der Waals surface area contributed by atoms with Crippen LogP contribution in [0, 0.1) is 11.3 Å². The molecule has 0 radical (unpaired) electrons. The summed E-state index contributed by atoms with van der Waals surface area (Å²) in [5.41, 5.74) is -4.64.